The van der Waals surface area contributed by atoms with Crippen LogP contribution in [0.1, 0.15) is 33.3 Å². The molecule has 100 valence electrons. The van der Waals surface area contributed by atoms with E-state index in [-0.39, 0.29) is 11.9 Å². The van der Waals surface area contributed by atoms with Gasteiger partial charge in [0.15, 0.2) is 6.10 Å². The van der Waals surface area contributed by atoms with Gasteiger partial charge in [-0.3, -0.25) is 4.79 Å². The van der Waals surface area contributed by atoms with Crippen molar-refractivity contribution in [2.24, 2.45) is 5.92 Å². The van der Waals surface area contributed by atoms with E-state index in [1.807, 2.05) is 38.1 Å². The highest BCUT2D eigenvalue weighted by Crippen LogP contribution is 2.13. The smallest absolute Gasteiger partial charge is 0.260 e. The highest BCUT2D eigenvalue weighted by atomic mass is 16.5. The Bertz CT molecular complexity index is 384. The molecule has 1 N–H and O–H groups in total. The normalized spacial score (nSPS) is 14.1. The average molecular weight is 249 g/mol. The first-order valence-corrected chi connectivity index (χ1v) is 6.44. The molecule has 0 aliphatic heterocycles. The lowest BCUT2D eigenvalue weighted by Crippen LogP contribution is -2.43. The molecule has 2 atom stereocenters. The van der Waals surface area contributed by atoms with Crippen LogP contribution in [0.25, 0.3) is 0 Å². The van der Waals surface area contributed by atoms with Gasteiger partial charge < -0.3 is 10.1 Å². The maximum absolute atomic E-state index is 11.9. The largest absolute Gasteiger partial charge is 0.481 e. The lowest BCUT2D eigenvalue weighted by Gasteiger charge is -2.21. The number of nitrogens with one attached hydrogen (secondary N) is 1. The molecular weight excluding hydrogens is 226 g/mol. The molecule has 0 aromatic heterocycles. The predicted molar refractivity (Wildman–Crippen MR) is 73.7 cm³/mol. The van der Waals surface area contributed by atoms with Gasteiger partial charge in [-0.1, -0.05) is 31.5 Å². The predicted octanol–water partition coefficient (Wildman–Crippen LogP) is 2.92. The summed E-state index contributed by atoms with van der Waals surface area (Å²) in [5.41, 5.74) is 1.17. The first-order chi connectivity index (χ1) is 8.40. The summed E-state index contributed by atoms with van der Waals surface area (Å²) in [6.45, 7) is 9.94. The molecule has 0 bridgehead atoms. The van der Waals surface area contributed by atoms with E-state index in [1.165, 1.54) is 5.56 Å². The fourth-order valence-corrected chi connectivity index (χ4v) is 1.38. The number of hydrogen-bond acceptors (Lipinski definition) is 2. The third kappa shape index (κ3) is 4.40. The molecule has 0 aliphatic carbocycles. The molecule has 0 saturated carbocycles. The van der Waals surface area contributed by atoms with Crippen LogP contribution in [-0.4, -0.2) is 18.1 Å². The third-order valence-corrected chi connectivity index (χ3v) is 3.07. The lowest BCUT2D eigenvalue weighted by atomic mass is 10.1. The van der Waals surface area contributed by atoms with Crippen LogP contribution in [0.5, 0.6) is 5.75 Å². The van der Waals surface area contributed by atoms with Crippen LogP contribution >= 0.6 is 0 Å². The van der Waals surface area contributed by atoms with E-state index >= 15 is 0 Å². The standard InChI is InChI=1S/C15H23NO2/c1-10(2)12(4)16-15(17)13(5)18-14-8-6-11(3)7-9-14/h6-10,12-13H,1-5H3,(H,16,17)/t12-,13+/m0/s1. The molecule has 0 unspecified atom stereocenters. The molecule has 18 heavy (non-hydrogen) atoms. The number of carbonyl (C=O) groups is 1. The Morgan fingerprint density at radius 1 is 1.11 bits per heavy atom. The first-order valence-electron chi connectivity index (χ1n) is 6.44. The number of aryl methyl sites for hydroxylation is 1. The van der Waals surface area contributed by atoms with Crippen molar-refractivity contribution in [3.8, 4) is 5.75 Å². The van der Waals surface area contributed by atoms with Crippen molar-refractivity contribution in [2.45, 2.75) is 46.8 Å². The Labute approximate surface area is 110 Å². The molecule has 1 rings (SSSR count). The van der Waals surface area contributed by atoms with Crippen molar-refractivity contribution in [2.75, 3.05) is 0 Å². The average Bonchev–Trinajstić information content (AvgIpc) is 2.31. The number of ether oxygens (including phenoxy) is 1. The van der Waals surface area contributed by atoms with E-state index in [2.05, 4.69) is 19.2 Å². The van der Waals surface area contributed by atoms with E-state index in [0.29, 0.717) is 5.92 Å². The van der Waals surface area contributed by atoms with Crippen molar-refractivity contribution in [1.82, 2.24) is 5.32 Å². The van der Waals surface area contributed by atoms with Crippen LogP contribution < -0.4 is 10.1 Å². The van der Waals surface area contributed by atoms with Crippen LogP contribution in [0.15, 0.2) is 24.3 Å². The van der Waals surface area contributed by atoms with Gasteiger partial charge in [0.05, 0.1) is 0 Å². The van der Waals surface area contributed by atoms with Gasteiger partial charge in [-0.25, -0.2) is 0 Å². The number of carbonyl (C=O) groups excluding carboxylic acids is 1. The molecule has 0 spiro atoms. The van der Waals surface area contributed by atoms with Crippen molar-refractivity contribution in [3.05, 3.63) is 29.8 Å². The summed E-state index contributed by atoms with van der Waals surface area (Å²) < 4.78 is 5.60. The van der Waals surface area contributed by atoms with E-state index in [4.69, 9.17) is 4.74 Å². The van der Waals surface area contributed by atoms with Gasteiger partial charge in [0.25, 0.3) is 5.91 Å². The topological polar surface area (TPSA) is 38.3 Å². The third-order valence-electron chi connectivity index (χ3n) is 3.07. The highest BCUT2D eigenvalue weighted by molar-refractivity contribution is 5.81. The Kier molecular flexibility index (Phi) is 5.20. The van der Waals surface area contributed by atoms with Crippen LogP contribution in [0.3, 0.4) is 0 Å². The summed E-state index contributed by atoms with van der Waals surface area (Å²) in [6.07, 6.45) is -0.478. The van der Waals surface area contributed by atoms with Gasteiger partial charge >= 0.3 is 0 Å². The van der Waals surface area contributed by atoms with Crippen LogP contribution in [0.2, 0.25) is 0 Å². The molecule has 0 saturated heterocycles. The maximum atomic E-state index is 11.9. The van der Waals surface area contributed by atoms with Crippen molar-refractivity contribution < 1.29 is 9.53 Å². The first kappa shape index (κ1) is 14.6. The monoisotopic (exact) mass is 249 g/mol. The fraction of sp³-hybridized carbons (Fsp3) is 0.533. The Balaban J connectivity index is 2.52. The van der Waals surface area contributed by atoms with Crippen molar-refractivity contribution in [3.63, 3.8) is 0 Å². The van der Waals surface area contributed by atoms with Gasteiger partial charge in [-0.15, -0.1) is 0 Å². The molecule has 0 heterocycles. The fourth-order valence-electron chi connectivity index (χ4n) is 1.38. The van der Waals surface area contributed by atoms with Gasteiger partial charge in [0.1, 0.15) is 5.75 Å². The summed E-state index contributed by atoms with van der Waals surface area (Å²) in [5, 5.41) is 2.95. The zero-order valence-corrected chi connectivity index (χ0v) is 11.9. The summed E-state index contributed by atoms with van der Waals surface area (Å²) in [7, 11) is 0. The second-order valence-electron chi connectivity index (χ2n) is 5.11. The Morgan fingerprint density at radius 2 is 1.67 bits per heavy atom. The maximum Gasteiger partial charge on any atom is 0.260 e. The van der Waals surface area contributed by atoms with Crippen LogP contribution in [-0.2, 0) is 4.79 Å². The molecule has 1 aromatic rings. The molecule has 1 amide bonds. The lowest BCUT2D eigenvalue weighted by molar-refractivity contribution is -0.128. The minimum absolute atomic E-state index is 0.0724. The molecule has 0 aliphatic rings. The van der Waals surface area contributed by atoms with E-state index in [1.54, 1.807) is 6.92 Å². The SMILES string of the molecule is Cc1ccc(O[C@H](C)C(=O)N[C@@H](C)C(C)C)cc1. The minimum atomic E-state index is -0.478. The molecule has 1 aromatic carbocycles. The summed E-state index contributed by atoms with van der Waals surface area (Å²) in [4.78, 5) is 11.9. The van der Waals surface area contributed by atoms with Crippen LogP contribution in [0.4, 0.5) is 0 Å². The van der Waals surface area contributed by atoms with Crippen LogP contribution in [0, 0.1) is 12.8 Å². The number of amides is 1. The van der Waals surface area contributed by atoms with Gasteiger partial charge in [-0.2, -0.15) is 0 Å². The molecule has 3 heteroatoms. The Hall–Kier alpha value is -1.51. The van der Waals surface area contributed by atoms with Crippen molar-refractivity contribution >= 4 is 5.91 Å². The second-order valence-corrected chi connectivity index (χ2v) is 5.11. The zero-order valence-electron chi connectivity index (χ0n) is 11.9. The van der Waals surface area contributed by atoms with Crippen molar-refractivity contribution in [1.29, 1.82) is 0 Å². The van der Waals surface area contributed by atoms with Gasteiger partial charge in [0.2, 0.25) is 0 Å². The Morgan fingerprint density at radius 3 is 2.17 bits per heavy atom. The number of hydrogen-bond donors (Lipinski definition) is 1. The number of benzene rings is 1. The van der Waals surface area contributed by atoms with Gasteiger partial charge in [-0.05, 0) is 38.8 Å². The summed E-state index contributed by atoms with van der Waals surface area (Å²) in [6, 6.07) is 7.85. The van der Waals surface area contributed by atoms with E-state index < -0.39 is 6.10 Å². The zero-order chi connectivity index (χ0) is 13.7. The van der Waals surface area contributed by atoms with Gasteiger partial charge in [0, 0.05) is 6.04 Å². The molecule has 0 radical (unpaired) electrons. The molecule has 0 fully saturated rings. The summed E-state index contributed by atoms with van der Waals surface area (Å²) in [5.74, 6) is 1.07. The second kappa shape index (κ2) is 6.43. The minimum Gasteiger partial charge on any atom is -0.481 e. The highest BCUT2D eigenvalue weighted by Gasteiger charge is 2.18. The quantitative estimate of drug-likeness (QED) is 0.871. The van der Waals surface area contributed by atoms with E-state index in [0.717, 1.165) is 5.75 Å². The number of rotatable bonds is 5. The summed E-state index contributed by atoms with van der Waals surface area (Å²) >= 11 is 0. The molecule has 3 nitrogen and oxygen atoms in total. The molecular formula is C15H23NO2. The van der Waals surface area contributed by atoms with E-state index in [9.17, 15) is 4.79 Å².